The summed E-state index contributed by atoms with van der Waals surface area (Å²) in [7, 11) is 0. The molecule has 0 spiro atoms. The summed E-state index contributed by atoms with van der Waals surface area (Å²) in [5.74, 6) is -0.895. The van der Waals surface area contributed by atoms with Crippen LogP contribution < -0.4 is 5.48 Å². The third kappa shape index (κ3) is 4.50. The molecular formula is C15H18N2O3. The lowest BCUT2D eigenvalue weighted by Gasteiger charge is -2.19. The lowest BCUT2D eigenvalue weighted by Crippen LogP contribution is -2.30. The minimum atomic E-state index is -0.472. The lowest BCUT2D eigenvalue weighted by atomic mass is 9.89. The second-order valence-electron chi connectivity index (χ2n) is 4.81. The van der Waals surface area contributed by atoms with Crippen molar-refractivity contribution < 1.29 is 14.4 Å². The van der Waals surface area contributed by atoms with Gasteiger partial charge in [0.25, 0.3) is 5.91 Å². The highest BCUT2D eigenvalue weighted by atomic mass is 16.7. The molecule has 1 N–H and O–H groups in total. The van der Waals surface area contributed by atoms with Crippen LogP contribution in [0.4, 0.5) is 0 Å². The molecule has 1 amide bonds. The van der Waals surface area contributed by atoms with E-state index in [-0.39, 0.29) is 11.9 Å². The van der Waals surface area contributed by atoms with E-state index >= 15 is 0 Å². The summed E-state index contributed by atoms with van der Waals surface area (Å²) in [6.45, 7) is 0. The number of carbonyl (C=O) groups excluding carboxylic acids is 2. The summed E-state index contributed by atoms with van der Waals surface area (Å²) in [4.78, 5) is 32.1. The van der Waals surface area contributed by atoms with Crippen molar-refractivity contribution in [1.29, 1.82) is 0 Å². The topological polar surface area (TPSA) is 68.3 Å². The van der Waals surface area contributed by atoms with Crippen LogP contribution in [0.1, 0.15) is 37.8 Å². The summed E-state index contributed by atoms with van der Waals surface area (Å²) in [5.41, 5.74) is 2.81. The molecule has 1 aromatic heterocycles. The minimum absolute atomic E-state index is 0.0798. The van der Waals surface area contributed by atoms with Gasteiger partial charge in [-0.05, 0) is 31.1 Å². The zero-order valence-electron chi connectivity index (χ0n) is 11.2. The van der Waals surface area contributed by atoms with Crippen molar-refractivity contribution in [2.45, 2.75) is 32.1 Å². The Morgan fingerprint density at radius 2 is 2.05 bits per heavy atom. The van der Waals surface area contributed by atoms with Gasteiger partial charge in [-0.3, -0.25) is 9.78 Å². The maximum Gasteiger partial charge on any atom is 0.335 e. The summed E-state index contributed by atoms with van der Waals surface area (Å²) in [5, 5.41) is 0. The Hall–Kier alpha value is -2.17. The first-order chi connectivity index (χ1) is 9.75. The second-order valence-corrected chi connectivity index (χ2v) is 4.81. The average Bonchev–Trinajstić information content (AvgIpc) is 2.52. The number of nitrogens with zero attached hydrogens (tertiary/aromatic N) is 1. The lowest BCUT2D eigenvalue weighted by molar-refractivity contribution is -0.161. The minimum Gasteiger partial charge on any atom is -0.340 e. The third-order valence-electron chi connectivity index (χ3n) is 3.28. The van der Waals surface area contributed by atoms with Crippen LogP contribution in [0.3, 0.4) is 0 Å². The maximum atomic E-state index is 11.7. The summed E-state index contributed by atoms with van der Waals surface area (Å²) in [6, 6.07) is 5.40. The van der Waals surface area contributed by atoms with Gasteiger partial charge in [0.2, 0.25) is 0 Å². The molecule has 0 aromatic carbocycles. The third-order valence-corrected chi connectivity index (χ3v) is 3.28. The Balaban J connectivity index is 1.74. The first-order valence-corrected chi connectivity index (χ1v) is 6.85. The largest absolute Gasteiger partial charge is 0.340 e. The van der Waals surface area contributed by atoms with E-state index in [0.717, 1.165) is 25.7 Å². The molecule has 5 nitrogen and oxygen atoms in total. The van der Waals surface area contributed by atoms with E-state index in [1.165, 1.54) is 12.5 Å². The van der Waals surface area contributed by atoms with Gasteiger partial charge in [-0.25, -0.2) is 4.79 Å². The van der Waals surface area contributed by atoms with Crippen LogP contribution in [-0.2, 0) is 14.4 Å². The van der Waals surface area contributed by atoms with Crippen molar-refractivity contribution in [3.8, 4) is 0 Å². The van der Waals surface area contributed by atoms with Crippen LogP contribution in [0.5, 0.6) is 0 Å². The van der Waals surface area contributed by atoms with Crippen LogP contribution in [0.15, 0.2) is 30.5 Å². The SMILES string of the molecule is O=C(C=Cc1ccccn1)NOC(=O)C1CCCCC1. The predicted octanol–water partition coefficient (Wildman–Crippen LogP) is 2.25. The van der Waals surface area contributed by atoms with Crippen LogP contribution >= 0.6 is 0 Å². The second kappa shape index (κ2) is 7.43. The first kappa shape index (κ1) is 14.2. The smallest absolute Gasteiger partial charge is 0.335 e. The summed E-state index contributed by atoms with van der Waals surface area (Å²) in [6.07, 6.45) is 9.45. The summed E-state index contributed by atoms with van der Waals surface area (Å²) < 4.78 is 0. The van der Waals surface area contributed by atoms with Gasteiger partial charge in [0.05, 0.1) is 11.6 Å². The molecule has 1 aliphatic rings. The molecular weight excluding hydrogens is 256 g/mol. The van der Waals surface area contributed by atoms with E-state index in [9.17, 15) is 9.59 Å². The highest BCUT2D eigenvalue weighted by molar-refractivity contribution is 5.91. The van der Waals surface area contributed by atoms with E-state index in [0.29, 0.717) is 5.69 Å². The van der Waals surface area contributed by atoms with Gasteiger partial charge >= 0.3 is 5.97 Å². The molecule has 2 rings (SSSR count). The molecule has 1 fully saturated rings. The Morgan fingerprint density at radius 3 is 2.75 bits per heavy atom. The number of hydrogen-bond acceptors (Lipinski definition) is 4. The van der Waals surface area contributed by atoms with Crippen LogP contribution in [0.25, 0.3) is 6.08 Å². The van der Waals surface area contributed by atoms with Gasteiger partial charge in [-0.2, -0.15) is 5.48 Å². The Kier molecular flexibility index (Phi) is 5.29. The molecule has 20 heavy (non-hydrogen) atoms. The fourth-order valence-corrected chi connectivity index (χ4v) is 2.19. The summed E-state index contributed by atoms with van der Waals surface area (Å²) >= 11 is 0. The van der Waals surface area contributed by atoms with Gasteiger partial charge in [0, 0.05) is 12.3 Å². The van der Waals surface area contributed by atoms with Crippen molar-refractivity contribution in [2.24, 2.45) is 5.92 Å². The molecule has 106 valence electrons. The molecule has 1 heterocycles. The van der Waals surface area contributed by atoms with E-state index in [4.69, 9.17) is 4.84 Å². The molecule has 0 bridgehead atoms. The highest BCUT2D eigenvalue weighted by Crippen LogP contribution is 2.24. The monoisotopic (exact) mass is 274 g/mol. The molecule has 0 aliphatic heterocycles. The van der Waals surface area contributed by atoms with Gasteiger partial charge in [0.15, 0.2) is 0 Å². The van der Waals surface area contributed by atoms with Gasteiger partial charge in [-0.15, -0.1) is 0 Å². The number of amides is 1. The number of hydroxylamine groups is 1. The predicted molar refractivity (Wildman–Crippen MR) is 74.1 cm³/mol. The van der Waals surface area contributed by atoms with Crippen molar-refractivity contribution in [2.75, 3.05) is 0 Å². The van der Waals surface area contributed by atoms with Crippen LogP contribution in [0.2, 0.25) is 0 Å². The zero-order valence-corrected chi connectivity index (χ0v) is 11.2. The van der Waals surface area contributed by atoms with E-state index in [1.807, 2.05) is 6.07 Å². The van der Waals surface area contributed by atoms with Crippen molar-refractivity contribution in [3.63, 3.8) is 0 Å². The van der Waals surface area contributed by atoms with Crippen molar-refractivity contribution in [3.05, 3.63) is 36.2 Å². The molecule has 0 saturated heterocycles. The van der Waals surface area contributed by atoms with E-state index < -0.39 is 5.91 Å². The normalized spacial score (nSPS) is 16.0. The fraction of sp³-hybridized carbons (Fsp3) is 0.400. The Morgan fingerprint density at radius 1 is 1.25 bits per heavy atom. The van der Waals surface area contributed by atoms with Crippen LogP contribution in [0, 0.1) is 5.92 Å². The van der Waals surface area contributed by atoms with Gasteiger partial charge in [0.1, 0.15) is 0 Å². The molecule has 0 atom stereocenters. The zero-order chi connectivity index (χ0) is 14.2. The van der Waals surface area contributed by atoms with Gasteiger partial charge in [-0.1, -0.05) is 25.3 Å². The highest BCUT2D eigenvalue weighted by Gasteiger charge is 2.23. The number of hydrogen-bond donors (Lipinski definition) is 1. The number of nitrogens with one attached hydrogen (secondary N) is 1. The molecule has 1 aromatic rings. The standard InChI is InChI=1S/C15H18N2O3/c18-14(10-9-13-8-4-5-11-16-13)17-20-15(19)12-6-2-1-3-7-12/h4-5,8-12H,1-3,6-7H2,(H,17,18). The first-order valence-electron chi connectivity index (χ1n) is 6.85. The molecule has 0 radical (unpaired) electrons. The van der Waals surface area contributed by atoms with Crippen molar-refractivity contribution in [1.82, 2.24) is 10.5 Å². The van der Waals surface area contributed by atoms with Gasteiger partial charge < -0.3 is 4.84 Å². The van der Waals surface area contributed by atoms with Crippen molar-refractivity contribution >= 4 is 18.0 Å². The molecule has 5 heteroatoms. The fourth-order valence-electron chi connectivity index (χ4n) is 2.19. The number of aromatic nitrogens is 1. The average molecular weight is 274 g/mol. The van der Waals surface area contributed by atoms with Crippen LogP contribution in [-0.4, -0.2) is 16.9 Å². The van der Waals surface area contributed by atoms with E-state index in [2.05, 4.69) is 10.5 Å². The molecule has 1 saturated carbocycles. The number of carbonyl (C=O) groups is 2. The number of rotatable bonds is 3. The molecule has 1 aliphatic carbocycles. The quantitative estimate of drug-likeness (QED) is 0.678. The maximum absolute atomic E-state index is 11.7. The number of pyridine rings is 1. The van der Waals surface area contributed by atoms with E-state index in [1.54, 1.807) is 24.4 Å². The molecule has 0 unspecified atom stereocenters. The Labute approximate surface area is 118 Å². The Bertz CT molecular complexity index is 479.